The van der Waals surface area contributed by atoms with E-state index in [1.54, 1.807) is 0 Å². The Morgan fingerprint density at radius 2 is 1.82 bits per heavy atom. The predicted octanol–water partition coefficient (Wildman–Crippen LogP) is 3.00. The smallest absolute Gasteiger partial charge is 0.343 e. The van der Waals surface area contributed by atoms with Crippen molar-refractivity contribution in [2.45, 2.75) is 12.7 Å². The van der Waals surface area contributed by atoms with E-state index < -0.39 is 35.0 Å². The van der Waals surface area contributed by atoms with Gasteiger partial charge in [0.15, 0.2) is 0 Å². The molecule has 10 heteroatoms. The summed E-state index contributed by atoms with van der Waals surface area (Å²) in [6, 6.07) is 9.84. The number of carbonyl (C=O) groups excluding carboxylic acids is 2. The van der Waals surface area contributed by atoms with E-state index in [-0.39, 0.29) is 23.4 Å². The molecule has 0 aliphatic carbocycles. The van der Waals surface area contributed by atoms with Crippen molar-refractivity contribution in [1.29, 1.82) is 0 Å². The second-order valence-electron chi connectivity index (χ2n) is 5.89. The molecule has 0 heterocycles. The maximum atomic E-state index is 13.0. The highest BCUT2D eigenvalue weighted by Crippen LogP contribution is 2.32. The third-order valence-corrected chi connectivity index (χ3v) is 3.88. The summed E-state index contributed by atoms with van der Waals surface area (Å²) in [5, 5.41) is 13.0. The molecular formula is C18H16F3N3O4. The highest BCUT2D eigenvalue weighted by Gasteiger charge is 2.33. The number of nitrogens with one attached hydrogen (secondary N) is 1. The molecule has 7 nitrogen and oxygen atoms in total. The molecule has 0 aliphatic rings. The van der Waals surface area contributed by atoms with Crippen molar-refractivity contribution in [3.8, 4) is 0 Å². The van der Waals surface area contributed by atoms with Crippen LogP contribution in [-0.2, 0) is 17.5 Å². The second kappa shape index (κ2) is 8.51. The van der Waals surface area contributed by atoms with Crippen LogP contribution in [0.5, 0.6) is 0 Å². The van der Waals surface area contributed by atoms with Crippen LogP contribution < -0.4 is 5.32 Å². The van der Waals surface area contributed by atoms with Crippen LogP contribution in [0.25, 0.3) is 0 Å². The van der Waals surface area contributed by atoms with Gasteiger partial charge in [0, 0.05) is 31.3 Å². The molecule has 0 atom stereocenters. The second-order valence-corrected chi connectivity index (χ2v) is 5.89. The molecule has 0 saturated carbocycles. The number of nitro benzene ring substituents is 1. The molecule has 2 amide bonds. The number of non-ortho nitro benzene ring substituents is 1. The molecule has 0 unspecified atom stereocenters. The fourth-order valence-corrected chi connectivity index (χ4v) is 2.43. The van der Waals surface area contributed by atoms with Crippen molar-refractivity contribution in [2.75, 3.05) is 13.6 Å². The summed E-state index contributed by atoms with van der Waals surface area (Å²) < 4.78 is 39.1. The largest absolute Gasteiger partial charge is 0.416 e. The van der Waals surface area contributed by atoms with Crippen molar-refractivity contribution >= 4 is 17.5 Å². The minimum atomic E-state index is -4.54. The predicted molar refractivity (Wildman–Crippen MR) is 93.3 cm³/mol. The zero-order valence-corrected chi connectivity index (χ0v) is 14.7. The average molecular weight is 395 g/mol. The summed E-state index contributed by atoms with van der Waals surface area (Å²) in [4.78, 5) is 35.3. The molecule has 0 radical (unpaired) electrons. The maximum absolute atomic E-state index is 13.0. The Kier molecular flexibility index (Phi) is 6.34. The Bertz CT molecular complexity index is 900. The first kappa shape index (κ1) is 20.9. The zero-order chi connectivity index (χ0) is 20.9. The van der Waals surface area contributed by atoms with E-state index in [1.807, 2.05) is 0 Å². The number of nitro groups is 1. The van der Waals surface area contributed by atoms with Crippen molar-refractivity contribution in [1.82, 2.24) is 10.2 Å². The van der Waals surface area contributed by atoms with Gasteiger partial charge in [-0.1, -0.05) is 24.3 Å². The lowest BCUT2D eigenvalue weighted by Gasteiger charge is -2.20. The topological polar surface area (TPSA) is 92.6 Å². The van der Waals surface area contributed by atoms with Crippen LogP contribution in [0.15, 0.2) is 48.5 Å². The lowest BCUT2D eigenvalue weighted by molar-refractivity contribution is -0.384. The molecule has 0 saturated heterocycles. The number of carbonyl (C=O) groups is 2. The molecule has 148 valence electrons. The first-order valence-electron chi connectivity index (χ1n) is 8.01. The zero-order valence-electron chi connectivity index (χ0n) is 14.7. The average Bonchev–Trinajstić information content (AvgIpc) is 2.65. The Labute approximate surface area is 157 Å². The molecule has 0 aromatic heterocycles. The molecule has 2 aromatic carbocycles. The van der Waals surface area contributed by atoms with Gasteiger partial charge < -0.3 is 10.2 Å². The van der Waals surface area contributed by atoms with Gasteiger partial charge in [-0.3, -0.25) is 19.7 Å². The van der Waals surface area contributed by atoms with Crippen LogP contribution in [0, 0.1) is 10.1 Å². The van der Waals surface area contributed by atoms with Crippen molar-refractivity contribution in [3.63, 3.8) is 0 Å². The van der Waals surface area contributed by atoms with Gasteiger partial charge in [0.25, 0.3) is 11.6 Å². The summed E-state index contributed by atoms with van der Waals surface area (Å²) in [6.07, 6.45) is -4.54. The van der Waals surface area contributed by atoms with E-state index in [0.29, 0.717) is 0 Å². The summed E-state index contributed by atoms with van der Waals surface area (Å²) >= 11 is 0. The van der Waals surface area contributed by atoms with Crippen LogP contribution >= 0.6 is 0 Å². The molecule has 28 heavy (non-hydrogen) atoms. The van der Waals surface area contributed by atoms with Gasteiger partial charge in [0.05, 0.1) is 17.0 Å². The Hall–Kier alpha value is -3.43. The Morgan fingerprint density at radius 3 is 2.46 bits per heavy atom. The van der Waals surface area contributed by atoms with E-state index in [0.717, 1.165) is 17.0 Å². The van der Waals surface area contributed by atoms with E-state index in [1.165, 1.54) is 43.4 Å². The highest BCUT2D eigenvalue weighted by molar-refractivity contribution is 5.96. The summed E-state index contributed by atoms with van der Waals surface area (Å²) in [6.45, 7) is -0.757. The molecule has 0 fully saturated rings. The number of rotatable bonds is 6. The van der Waals surface area contributed by atoms with E-state index >= 15 is 0 Å². The van der Waals surface area contributed by atoms with Gasteiger partial charge in [0.2, 0.25) is 5.91 Å². The van der Waals surface area contributed by atoms with Gasteiger partial charge in [-0.2, -0.15) is 13.2 Å². The minimum absolute atomic E-state index is 0.00734. The van der Waals surface area contributed by atoms with E-state index in [9.17, 15) is 32.9 Å². The third-order valence-electron chi connectivity index (χ3n) is 3.88. The number of amides is 2. The van der Waals surface area contributed by atoms with Gasteiger partial charge in [-0.05, 0) is 17.7 Å². The lowest BCUT2D eigenvalue weighted by Crippen LogP contribution is -2.38. The Morgan fingerprint density at radius 1 is 1.14 bits per heavy atom. The molecule has 2 rings (SSSR count). The standard InChI is InChI=1S/C18H16F3N3O4/c1-23(11-13-5-2-3-8-15(13)18(19,20)21)16(25)10-22-17(26)12-6-4-7-14(9-12)24(27)28/h2-9H,10-11H2,1H3,(H,22,26). The fraction of sp³-hybridized carbons (Fsp3) is 0.222. The summed E-state index contributed by atoms with van der Waals surface area (Å²) in [7, 11) is 1.31. The number of hydrogen-bond acceptors (Lipinski definition) is 4. The van der Waals surface area contributed by atoms with Crippen LogP contribution in [0.2, 0.25) is 0 Å². The molecule has 0 bridgehead atoms. The number of likely N-dealkylation sites (N-methyl/N-ethyl adjacent to an activating group) is 1. The molecule has 0 aliphatic heterocycles. The molecule has 1 N–H and O–H groups in total. The van der Waals surface area contributed by atoms with E-state index in [4.69, 9.17) is 0 Å². The normalized spacial score (nSPS) is 11.0. The van der Waals surface area contributed by atoms with Gasteiger partial charge >= 0.3 is 6.18 Å². The fourth-order valence-electron chi connectivity index (χ4n) is 2.43. The lowest BCUT2D eigenvalue weighted by atomic mass is 10.1. The summed E-state index contributed by atoms with van der Waals surface area (Å²) in [5.41, 5.74) is -1.20. The molecular weight excluding hydrogens is 379 g/mol. The monoisotopic (exact) mass is 395 g/mol. The van der Waals surface area contributed by atoms with Crippen LogP contribution in [0.1, 0.15) is 21.5 Å². The van der Waals surface area contributed by atoms with Crippen LogP contribution in [-0.4, -0.2) is 35.2 Å². The van der Waals surface area contributed by atoms with Gasteiger partial charge in [0.1, 0.15) is 0 Å². The number of hydrogen-bond donors (Lipinski definition) is 1. The first-order valence-corrected chi connectivity index (χ1v) is 8.01. The van der Waals surface area contributed by atoms with Crippen LogP contribution in [0.4, 0.5) is 18.9 Å². The van der Waals surface area contributed by atoms with Gasteiger partial charge in [-0.25, -0.2) is 0 Å². The Balaban J connectivity index is 1.99. The molecule has 2 aromatic rings. The number of alkyl halides is 3. The van der Waals surface area contributed by atoms with Crippen molar-refractivity contribution < 1.29 is 27.7 Å². The van der Waals surface area contributed by atoms with Crippen molar-refractivity contribution in [2.24, 2.45) is 0 Å². The first-order chi connectivity index (χ1) is 13.1. The number of halogens is 3. The SMILES string of the molecule is CN(Cc1ccccc1C(F)(F)F)C(=O)CNC(=O)c1cccc([N+](=O)[O-])c1. The minimum Gasteiger partial charge on any atom is -0.343 e. The quantitative estimate of drug-likeness (QED) is 0.601. The number of benzene rings is 2. The third kappa shape index (κ3) is 5.29. The van der Waals surface area contributed by atoms with Crippen molar-refractivity contribution in [3.05, 3.63) is 75.3 Å². The van der Waals surface area contributed by atoms with Gasteiger partial charge in [-0.15, -0.1) is 0 Å². The highest BCUT2D eigenvalue weighted by atomic mass is 19.4. The summed E-state index contributed by atoms with van der Waals surface area (Å²) in [5.74, 6) is -1.32. The maximum Gasteiger partial charge on any atom is 0.416 e. The van der Waals surface area contributed by atoms with Crippen LogP contribution in [0.3, 0.4) is 0 Å². The molecule has 0 spiro atoms. The van der Waals surface area contributed by atoms with E-state index in [2.05, 4.69) is 5.32 Å². The number of nitrogens with zero attached hydrogens (tertiary/aromatic N) is 2.